The fourth-order valence-corrected chi connectivity index (χ4v) is 1.57. The average molecular weight is 280 g/mol. The second-order valence-electron chi connectivity index (χ2n) is 4.21. The van der Waals surface area contributed by atoms with E-state index in [2.05, 4.69) is 24.2 Å². The molecular weight excluding hydrogens is 252 g/mol. The topological polar surface area (TPSA) is 67.8 Å². The van der Waals surface area contributed by atoms with Gasteiger partial charge in [0.25, 0.3) is 0 Å². The predicted molar refractivity (Wildman–Crippen MR) is 85.0 cm³/mol. The number of aryl methyl sites for hydroxylation is 1. The maximum Gasteiger partial charge on any atom is 0.129 e. The standard InChI is InChI=1S/C14H22N2O2.C2H6/c1-12-5-7-13(8-6-12)14(4-2-3-10-17)16-18-11-9-15;1-2/h5-8,17H,2-4,9-11,15H2,1H3;1-2H3/b16-14+;. The molecule has 0 heterocycles. The number of nitrogens with two attached hydrogens (primary N) is 1. The molecule has 0 atom stereocenters. The van der Waals surface area contributed by atoms with E-state index in [0.29, 0.717) is 13.2 Å². The van der Waals surface area contributed by atoms with Gasteiger partial charge in [-0.2, -0.15) is 0 Å². The molecule has 0 aliphatic heterocycles. The molecule has 1 aromatic carbocycles. The van der Waals surface area contributed by atoms with Crippen LogP contribution in [-0.2, 0) is 4.84 Å². The lowest BCUT2D eigenvalue weighted by Gasteiger charge is -2.07. The van der Waals surface area contributed by atoms with E-state index in [1.165, 1.54) is 5.56 Å². The highest BCUT2D eigenvalue weighted by molar-refractivity contribution is 6.00. The van der Waals surface area contributed by atoms with Gasteiger partial charge in [0.1, 0.15) is 6.61 Å². The van der Waals surface area contributed by atoms with E-state index in [1.807, 2.05) is 26.0 Å². The fraction of sp³-hybridized carbons (Fsp3) is 0.562. The molecule has 1 aromatic rings. The molecule has 0 fully saturated rings. The zero-order valence-electron chi connectivity index (χ0n) is 12.9. The summed E-state index contributed by atoms with van der Waals surface area (Å²) in [6.45, 7) is 7.15. The van der Waals surface area contributed by atoms with Crippen LogP contribution in [0.4, 0.5) is 0 Å². The Morgan fingerprint density at radius 1 is 1.20 bits per heavy atom. The van der Waals surface area contributed by atoms with E-state index in [0.717, 1.165) is 30.5 Å². The molecule has 114 valence electrons. The van der Waals surface area contributed by atoms with Crippen molar-refractivity contribution in [2.45, 2.75) is 40.0 Å². The maximum absolute atomic E-state index is 8.81. The highest BCUT2D eigenvalue weighted by atomic mass is 16.6. The minimum Gasteiger partial charge on any atom is -0.396 e. The zero-order valence-corrected chi connectivity index (χ0v) is 12.9. The lowest BCUT2D eigenvalue weighted by Crippen LogP contribution is -2.08. The van der Waals surface area contributed by atoms with Crippen LogP contribution in [0.25, 0.3) is 0 Å². The molecule has 0 saturated heterocycles. The predicted octanol–water partition coefficient (Wildman–Crippen LogP) is 2.86. The smallest absolute Gasteiger partial charge is 0.129 e. The van der Waals surface area contributed by atoms with Crippen molar-refractivity contribution >= 4 is 5.71 Å². The number of aliphatic hydroxyl groups is 1. The minimum atomic E-state index is 0.213. The van der Waals surface area contributed by atoms with Crippen molar-refractivity contribution in [3.8, 4) is 0 Å². The van der Waals surface area contributed by atoms with Crippen LogP contribution in [0.2, 0.25) is 0 Å². The fourth-order valence-electron chi connectivity index (χ4n) is 1.57. The average Bonchev–Trinajstić information content (AvgIpc) is 2.49. The van der Waals surface area contributed by atoms with Crippen LogP contribution in [0.1, 0.15) is 44.2 Å². The third kappa shape index (κ3) is 7.92. The molecule has 0 unspecified atom stereocenters. The summed E-state index contributed by atoms with van der Waals surface area (Å²) in [7, 11) is 0. The number of rotatable bonds is 8. The van der Waals surface area contributed by atoms with Crippen LogP contribution in [0, 0.1) is 6.92 Å². The van der Waals surface area contributed by atoms with Crippen molar-refractivity contribution in [1.82, 2.24) is 0 Å². The van der Waals surface area contributed by atoms with E-state index in [1.54, 1.807) is 0 Å². The second-order valence-corrected chi connectivity index (χ2v) is 4.21. The van der Waals surface area contributed by atoms with E-state index < -0.39 is 0 Å². The van der Waals surface area contributed by atoms with Crippen molar-refractivity contribution in [3.63, 3.8) is 0 Å². The summed E-state index contributed by atoms with van der Waals surface area (Å²) in [6.07, 6.45) is 2.48. The largest absolute Gasteiger partial charge is 0.396 e. The Labute approximate surface area is 122 Å². The monoisotopic (exact) mass is 280 g/mol. The van der Waals surface area contributed by atoms with Crippen LogP contribution >= 0.6 is 0 Å². The summed E-state index contributed by atoms with van der Waals surface area (Å²) >= 11 is 0. The Hall–Kier alpha value is -1.39. The first-order chi connectivity index (χ1) is 9.77. The van der Waals surface area contributed by atoms with Gasteiger partial charge in [-0.25, -0.2) is 0 Å². The van der Waals surface area contributed by atoms with Gasteiger partial charge in [0.05, 0.1) is 5.71 Å². The summed E-state index contributed by atoms with van der Waals surface area (Å²) in [5, 5.41) is 13.0. The van der Waals surface area contributed by atoms with E-state index in [9.17, 15) is 0 Å². The van der Waals surface area contributed by atoms with Gasteiger partial charge in [0.15, 0.2) is 0 Å². The SMILES string of the molecule is CC.Cc1ccc(/C(CCCCO)=N/OCCN)cc1. The lowest BCUT2D eigenvalue weighted by atomic mass is 10.0. The Morgan fingerprint density at radius 2 is 1.85 bits per heavy atom. The zero-order chi connectivity index (χ0) is 15.2. The van der Waals surface area contributed by atoms with Crippen LogP contribution in [0.15, 0.2) is 29.4 Å². The highest BCUT2D eigenvalue weighted by Crippen LogP contribution is 2.10. The van der Waals surface area contributed by atoms with Gasteiger partial charge in [-0.15, -0.1) is 0 Å². The molecule has 4 nitrogen and oxygen atoms in total. The van der Waals surface area contributed by atoms with E-state index >= 15 is 0 Å². The molecule has 0 bridgehead atoms. The first-order valence-corrected chi connectivity index (χ1v) is 7.34. The molecule has 0 saturated carbocycles. The molecule has 3 N–H and O–H groups in total. The Balaban J connectivity index is 0.00000172. The molecule has 0 spiro atoms. The molecule has 20 heavy (non-hydrogen) atoms. The normalized spacial score (nSPS) is 10.8. The van der Waals surface area contributed by atoms with Gasteiger partial charge in [-0.05, 0) is 31.7 Å². The van der Waals surface area contributed by atoms with Crippen molar-refractivity contribution in [2.24, 2.45) is 10.9 Å². The molecular formula is C16H28N2O2. The molecule has 0 radical (unpaired) electrons. The van der Waals surface area contributed by atoms with Crippen LogP contribution in [0.3, 0.4) is 0 Å². The summed E-state index contributed by atoms with van der Waals surface area (Å²) in [5.74, 6) is 0. The Bertz CT molecular complexity index is 361. The van der Waals surface area contributed by atoms with Crippen LogP contribution < -0.4 is 5.73 Å². The number of hydrogen-bond acceptors (Lipinski definition) is 4. The third-order valence-electron chi connectivity index (χ3n) is 2.59. The molecule has 4 heteroatoms. The number of nitrogens with zero attached hydrogens (tertiary/aromatic N) is 1. The van der Waals surface area contributed by atoms with Gasteiger partial charge in [-0.3, -0.25) is 0 Å². The number of hydrogen-bond donors (Lipinski definition) is 2. The van der Waals surface area contributed by atoms with Crippen molar-refractivity contribution in [3.05, 3.63) is 35.4 Å². The van der Waals surface area contributed by atoms with Gasteiger partial charge < -0.3 is 15.7 Å². The van der Waals surface area contributed by atoms with Gasteiger partial charge in [-0.1, -0.05) is 48.8 Å². The quantitative estimate of drug-likeness (QED) is 0.437. The number of unbranched alkanes of at least 4 members (excludes halogenated alkanes) is 1. The molecule has 1 rings (SSSR count). The number of benzene rings is 1. The number of aliphatic hydroxyl groups excluding tert-OH is 1. The molecule has 0 aliphatic carbocycles. The lowest BCUT2D eigenvalue weighted by molar-refractivity contribution is 0.151. The second kappa shape index (κ2) is 12.6. The van der Waals surface area contributed by atoms with Crippen molar-refractivity contribution in [2.75, 3.05) is 19.8 Å². The van der Waals surface area contributed by atoms with Crippen molar-refractivity contribution < 1.29 is 9.94 Å². The third-order valence-corrected chi connectivity index (χ3v) is 2.59. The highest BCUT2D eigenvalue weighted by Gasteiger charge is 2.04. The van der Waals surface area contributed by atoms with Crippen LogP contribution in [0.5, 0.6) is 0 Å². The van der Waals surface area contributed by atoms with Gasteiger partial charge in [0.2, 0.25) is 0 Å². The summed E-state index contributed by atoms with van der Waals surface area (Å²) in [4.78, 5) is 5.16. The van der Waals surface area contributed by atoms with Crippen LogP contribution in [-0.4, -0.2) is 30.6 Å². The first-order valence-electron chi connectivity index (χ1n) is 7.34. The Kier molecular flexibility index (Phi) is 11.8. The maximum atomic E-state index is 8.81. The van der Waals surface area contributed by atoms with E-state index in [4.69, 9.17) is 15.7 Å². The summed E-state index contributed by atoms with van der Waals surface area (Å²) in [5.41, 5.74) is 8.57. The molecule has 0 aromatic heterocycles. The summed E-state index contributed by atoms with van der Waals surface area (Å²) < 4.78 is 0. The first kappa shape index (κ1) is 18.6. The Morgan fingerprint density at radius 3 is 2.40 bits per heavy atom. The van der Waals surface area contributed by atoms with Gasteiger partial charge in [0, 0.05) is 13.2 Å². The minimum absolute atomic E-state index is 0.213. The van der Waals surface area contributed by atoms with Gasteiger partial charge >= 0.3 is 0 Å². The molecule has 0 aliphatic rings. The van der Waals surface area contributed by atoms with E-state index in [-0.39, 0.29) is 6.61 Å². The summed E-state index contributed by atoms with van der Waals surface area (Å²) in [6, 6.07) is 8.19. The number of oxime groups is 1. The van der Waals surface area contributed by atoms with Crippen molar-refractivity contribution in [1.29, 1.82) is 0 Å². The molecule has 0 amide bonds.